The van der Waals surface area contributed by atoms with Gasteiger partial charge in [-0.25, -0.2) is 9.07 Å². The van der Waals surface area contributed by atoms with E-state index in [-0.39, 0.29) is 11.7 Å². The molecule has 2 heterocycles. The molecular formula is C16H14FN3OS. The summed E-state index contributed by atoms with van der Waals surface area (Å²) in [6, 6.07) is 7.88. The molecule has 1 aromatic carbocycles. The van der Waals surface area contributed by atoms with E-state index in [1.54, 1.807) is 23.0 Å². The fourth-order valence-electron chi connectivity index (χ4n) is 2.24. The molecule has 0 aliphatic heterocycles. The van der Waals surface area contributed by atoms with Crippen molar-refractivity contribution in [3.05, 3.63) is 64.4 Å². The third kappa shape index (κ3) is 2.78. The van der Waals surface area contributed by atoms with Crippen LogP contribution in [0.2, 0.25) is 0 Å². The van der Waals surface area contributed by atoms with Crippen LogP contribution in [0.25, 0.3) is 5.69 Å². The van der Waals surface area contributed by atoms with E-state index in [0.29, 0.717) is 12.0 Å². The zero-order valence-electron chi connectivity index (χ0n) is 11.9. The molecule has 22 heavy (non-hydrogen) atoms. The molecule has 0 atom stereocenters. The van der Waals surface area contributed by atoms with Gasteiger partial charge in [0.25, 0.3) is 5.91 Å². The van der Waals surface area contributed by atoms with Crippen LogP contribution in [-0.4, -0.2) is 15.7 Å². The number of aromatic nitrogens is 2. The topological polar surface area (TPSA) is 46.9 Å². The summed E-state index contributed by atoms with van der Waals surface area (Å²) in [5, 5.41) is 10.9. The number of carbonyl (C=O) groups excluding carboxylic acids is 1. The molecule has 0 bridgehead atoms. The first-order valence-corrected chi connectivity index (χ1v) is 7.79. The van der Waals surface area contributed by atoms with Gasteiger partial charge in [0.1, 0.15) is 5.82 Å². The molecule has 0 radical (unpaired) electrons. The second kappa shape index (κ2) is 6.11. The number of anilines is 1. The molecular weight excluding hydrogens is 301 g/mol. The van der Waals surface area contributed by atoms with Crippen LogP contribution in [-0.2, 0) is 6.42 Å². The number of nitrogens with one attached hydrogen (secondary N) is 1. The minimum Gasteiger partial charge on any atom is -0.321 e. The summed E-state index contributed by atoms with van der Waals surface area (Å²) in [5.74, 6) is -0.493. The molecule has 0 unspecified atom stereocenters. The molecule has 3 rings (SSSR count). The number of thiophene rings is 1. The van der Waals surface area contributed by atoms with Gasteiger partial charge < -0.3 is 5.32 Å². The summed E-state index contributed by atoms with van der Waals surface area (Å²) in [5.41, 5.74) is 2.82. The largest absolute Gasteiger partial charge is 0.321 e. The molecule has 6 heteroatoms. The first-order chi connectivity index (χ1) is 10.7. The van der Waals surface area contributed by atoms with E-state index in [1.165, 1.54) is 23.5 Å². The Morgan fingerprint density at radius 3 is 2.73 bits per heavy atom. The Balaban J connectivity index is 1.93. The smallest absolute Gasteiger partial charge is 0.259 e. The normalized spacial score (nSPS) is 10.6. The SMILES string of the molecule is CCc1c(C(=O)Nc2ccsc2)cnn1-c1ccc(F)cc1. The van der Waals surface area contributed by atoms with E-state index in [9.17, 15) is 9.18 Å². The summed E-state index contributed by atoms with van der Waals surface area (Å²) in [6.45, 7) is 1.96. The van der Waals surface area contributed by atoms with E-state index in [2.05, 4.69) is 10.4 Å². The third-order valence-electron chi connectivity index (χ3n) is 3.30. The minimum atomic E-state index is -0.302. The molecule has 0 aliphatic rings. The van der Waals surface area contributed by atoms with Crippen LogP contribution in [0, 0.1) is 5.82 Å². The Bertz CT molecular complexity index is 778. The molecule has 1 amide bonds. The van der Waals surface area contributed by atoms with Crippen molar-refractivity contribution < 1.29 is 9.18 Å². The monoisotopic (exact) mass is 315 g/mol. The predicted molar refractivity (Wildman–Crippen MR) is 85.2 cm³/mol. The van der Waals surface area contributed by atoms with Crippen molar-refractivity contribution in [2.24, 2.45) is 0 Å². The van der Waals surface area contributed by atoms with E-state index < -0.39 is 0 Å². The highest BCUT2D eigenvalue weighted by Crippen LogP contribution is 2.19. The first-order valence-electron chi connectivity index (χ1n) is 6.85. The molecule has 112 valence electrons. The Kier molecular flexibility index (Phi) is 4.02. The Hall–Kier alpha value is -2.47. The Labute approximate surface area is 131 Å². The number of benzene rings is 1. The number of rotatable bonds is 4. The van der Waals surface area contributed by atoms with E-state index in [4.69, 9.17) is 0 Å². The van der Waals surface area contributed by atoms with Gasteiger partial charge in [0.15, 0.2) is 0 Å². The van der Waals surface area contributed by atoms with Crippen molar-refractivity contribution in [2.75, 3.05) is 5.32 Å². The second-order valence-electron chi connectivity index (χ2n) is 4.71. The summed E-state index contributed by atoms with van der Waals surface area (Å²) < 4.78 is 14.7. The van der Waals surface area contributed by atoms with Crippen molar-refractivity contribution in [2.45, 2.75) is 13.3 Å². The number of hydrogen-bond acceptors (Lipinski definition) is 3. The maximum absolute atomic E-state index is 13.0. The van der Waals surface area contributed by atoms with Crippen LogP contribution in [0.3, 0.4) is 0 Å². The lowest BCUT2D eigenvalue weighted by atomic mass is 10.2. The average Bonchev–Trinajstić information content (AvgIpc) is 3.16. The maximum atomic E-state index is 13.0. The highest BCUT2D eigenvalue weighted by atomic mass is 32.1. The van der Waals surface area contributed by atoms with Crippen LogP contribution >= 0.6 is 11.3 Å². The highest BCUT2D eigenvalue weighted by molar-refractivity contribution is 7.08. The average molecular weight is 315 g/mol. The Morgan fingerprint density at radius 1 is 1.32 bits per heavy atom. The van der Waals surface area contributed by atoms with Gasteiger partial charge in [-0.1, -0.05) is 6.92 Å². The van der Waals surface area contributed by atoms with Crippen molar-refractivity contribution in [3.8, 4) is 5.69 Å². The zero-order valence-corrected chi connectivity index (χ0v) is 12.7. The molecule has 1 N–H and O–H groups in total. The predicted octanol–water partition coefficient (Wildman–Crippen LogP) is 3.89. The van der Waals surface area contributed by atoms with Gasteiger partial charge >= 0.3 is 0 Å². The number of amides is 1. The van der Waals surface area contributed by atoms with Crippen LogP contribution in [0.5, 0.6) is 0 Å². The molecule has 0 saturated heterocycles. The summed E-state index contributed by atoms with van der Waals surface area (Å²) in [7, 11) is 0. The van der Waals surface area contributed by atoms with Gasteiger partial charge in [-0.15, -0.1) is 0 Å². The van der Waals surface area contributed by atoms with Crippen molar-refractivity contribution in [1.29, 1.82) is 0 Å². The number of nitrogens with zero attached hydrogens (tertiary/aromatic N) is 2. The molecule has 0 aliphatic carbocycles. The Morgan fingerprint density at radius 2 is 2.09 bits per heavy atom. The second-order valence-corrected chi connectivity index (χ2v) is 5.49. The molecule has 4 nitrogen and oxygen atoms in total. The van der Waals surface area contributed by atoms with Crippen molar-refractivity contribution >= 4 is 22.9 Å². The molecule has 2 aromatic heterocycles. The zero-order chi connectivity index (χ0) is 15.5. The minimum absolute atomic E-state index is 0.191. The van der Waals surface area contributed by atoms with Crippen molar-refractivity contribution in [1.82, 2.24) is 9.78 Å². The third-order valence-corrected chi connectivity index (χ3v) is 3.98. The highest BCUT2D eigenvalue weighted by Gasteiger charge is 2.17. The molecule has 0 spiro atoms. The van der Waals surface area contributed by atoms with Gasteiger partial charge in [-0.2, -0.15) is 16.4 Å². The van der Waals surface area contributed by atoms with Crippen LogP contribution in [0.4, 0.5) is 10.1 Å². The van der Waals surface area contributed by atoms with E-state index >= 15 is 0 Å². The first kappa shape index (κ1) is 14.5. The summed E-state index contributed by atoms with van der Waals surface area (Å²) >= 11 is 1.52. The fraction of sp³-hybridized carbons (Fsp3) is 0.125. The van der Waals surface area contributed by atoms with E-state index in [0.717, 1.165) is 17.1 Å². The number of halogens is 1. The molecule has 3 aromatic rings. The lowest BCUT2D eigenvalue weighted by molar-refractivity contribution is 0.102. The van der Waals surface area contributed by atoms with Gasteiger partial charge in [0.2, 0.25) is 0 Å². The van der Waals surface area contributed by atoms with Crippen LogP contribution < -0.4 is 5.32 Å². The lowest BCUT2D eigenvalue weighted by Crippen LogP contribution is -2.13. The van der Waals surface area contributed by atoms with Gasteiger partial charge in [-0.05, 0) is 42.1 Å². The van der Waals surface area contributed by atoms with Gasteiger partial charge in [0.05, 0.1) is 28.8 Å². The number of carbonyl (C=O) groups is 1. The quantitative estimate of drug-likeness (QED) is 0.794. The molecule has 0 fully saturated rings. The summed E-state index contributed by atoms with van der Waals surface area (Å²) in [6.07, 6.45) is 2.19. The lowest BCUT2D eigenvalue weighted by Gasteiger charge is -2.08. The molecule has 0 saturated carbocycles. The van der Waals surface area contributed by atoms with Crippen LogP contribution in [0.1, 0.15) is 23.0 Å². The van der Waals surface area contributed by atoms with Gasteiger partial charge in [-0.3, -0.25) is 4.79 Å². The standard InChI is InChI=1S/C16H14FN3OS/c1-2-15-14(16(21)19-12-7-8-22-10-12)9-18-20(15)13-5-3-11(17)4-6-13/h3-10H,2H2,1H3,(H,19,21). The number of hydrogen-bond donors (Lipinski definition) is 1. The van der Waals surface area contributed by atoms with E-state index in [1.807, 2.05) is 23.8 Å². The van der Waals surface area contributed by atoms with Crippen molar-refractivity contribution in [3.63, 3.8) is 0 Å². The fourth-order valence-corrected chi connectivity index (χ4v) is 2.83. The van der Waals surface area contributed by atoms with Crippen LogP contribution in [0.15, 0.2) is 47.3 Å². The van der Waals surface area contributed by atoms with Gasteiger partial charge in [0, 0.05) is 5.38 Å². The maximum Gasteiger partial charge on any atom is 0.259 e. The summed E-state index contributed by atoms with van der Waals surface area (Å²) in [4.78, 5) is 12.4.